The van der Waals surface area contributed by atoms with Crippen LogP contribution in [-0.4, -0.2) is 33.0 Å². The van der Waals surface area contributed by atoms with Crippen molar-refractivity contribution in [3.05, 3.63) is 22.5 Å². The standard InChI is InChI=1S/C13H15N3O2S2/c1-2-8(17)3-4-14-11(18)10-7-9-12(20-10)15-13-16(9)5-6-19-13/h5-8,17H,2-4H2,1H3,(H,14,18). The number of aliphatic hydroxyl groups excluding tert-OH is 1. The van der Waals surface area contributed by atoms with E-state index in [-0.39, 0.29) is 12.0 Å². The fourth-order valence-electron chi connectivity index (χ4n) is 2.00. The van der Waals surface area contributed by atoms with E-state index in [0.717, 1.165) is 15.3 Å². The Bertz CT molecular complexity index is 743. The number of hydrogen-bond acceptors (Lipinski definition) is 5. The molecule has 0 spiro atoms. The molecule has 0 saturated carbocycles. The summed E-state index contributed by atoms with van der Waals surface area (Å²) >= 11 is 2.98. The third kappa shape index (κ3) is 2.44. The quantitative estimate of drug-likeness (QED) is 0.761. The van der Waals surface area contributed by atoms with E-state index in [2.05, 4.69) is 10.3 Å². The summed E-state index contributed by atoms with van der Waals surface area (Å²) in [5.41, 5.74) is 0.977. The summed E-state index contributed by atoms with van der Waals surface area (Å²) in [7, 11) is 0. The van der Waals surface area contributed by atoms with Gasteiger partial charge in [-0.05, 0) is 18.9 Å². The van der Waals surface area contributed by atoms with Gasteiger partial charge in [0, 0.05) is 18.1 Å². The Labute approximate surface area is 123 Å². The van der Waals surface area contributed by atoms with E-state index in [1.165, 1.54) is 11.3 Å². The normalized spacial score (nSPS) is 13.1. The van der Waals surface area contributed by atoms with Crippen LogP contribution in [0.5, 0.6) is 0 Å². The highest BCUT2D eigenvalue weighted by atomic mass is 32.1. The van der Waals surface area contributed by atoms with Gasteiger partial charge in [0.25, 0.3) is 5.91 Å². The van der Waals surface area contributed by atoms with Gasteiger partial charge in [0.1, 0.15) is 4.83 Å². The maximum Gasteiger partial charge on any atom is 0.261 e. The van der Waals surface area contributed by atoms with E-state index in [1.807, 2.05) is 29.0 Å². The zero-order chi connectivity index (χ0) is 14.1. The summed E-state index contributed by atoms with van der Waals surface area (Å²) in [4.78, 5) is 19.0. The number of aromatic nitrogens is 2. The van der Waals surface area contributed by atoms with E-state index in [4.69, 9.17) is 0 Å². The van der Waals surface area contributed by atoms with Gasteiger partial charge in [-0.3, -0.25) is 9.20 Å². The fraction of sp³-hybridized carbons (Fsp3) is 0.385. The number of nitrogens with one attached hydrogen (secondary N) is 1. The largest absolute Gasteiger partial charge is 0.393 e. The Hall–Kier alpha value is -1.44. The van der Waals surface area contributed by atoms with E-state index < -0.39 is 0 Å². The lowest BCUT2D eigenvalue weighted by Gasteiger charge is -2.07. The molecule has 0 aliphatic carbocycles. The van der Waals surface area contributed by atoms with Crippen LogP contribution in [0.1, 0.15) is 29.4 Å². The van der Waals surface area contributed by atoms with Crippen molar-refractivity contribution < 1.29 is 9.90 Å². The smallest absolute Gasteiger partial charge is 0.261 e. The minimum atomic E-state index is -0.345. The van der Waals surface area contributed by atoms with Crippen molar-refractivity contribution in [3.63, 3.8) is 0 Å². The molecule has 5 nitrogen and oxygen atoms in total. The summed E-state index contributed by atoms with van der Waals surface area (Å²) < 4.78 is 1.99. The molecule has 0 fully saturated rings. The van der Waals surface area contributed by atoms with Gasteiger partial charge >= 0.3 is 0 Å². The Morgan fingerprint density at radius 2 is 2.45 bits per heavy atom. The molecule has 3 aromatic heterocycles. The minimum absolute atomic E-state index is 0.0970. The number of imidazole rings is 1. The molecule has 1 atom stereocenters. The Morgan fingerprint density at radius 3 is 3.25 bits per heavy atom. The molecule has 3 rings (SSSR count). The number of carbonyl (C=O) groups excluding carboxylic acids is 1. The predicted octanol–water partition coefficient (Wildman–Crippen LogP) is 2.50. The highest BCUT2D eigenvalue weighted by Crippen LogP contribution is 2.28. The SMILES string of the molecule is CCC(O)CCNC(=O)c1cc2c(nc3sccn32)s1. The van der Waals surface area contributed by atoms with Crippen molar-refractivity contribution in [2.24, 2.45) is 0 Å². The summed E-state index contributed by atoms with van der Waals surface area (Å²) in [6, 6.07) is 1.87. The van der Waals surface area contributed by atoms with E-state index in [1.54, 1.807) is 11.3 Å². The van der Waals surface area contributed by atoms with Gasteiger partial charge in [0.2, 0.25) is 0 Å². The minimum Gasteiger partial charge on any atom is -0.393 e. The van der Waals surface area contributed by atoms with Gasteiger partial charge in [0.05, 0.1) is 16.5 Å². The lowest BCUT2D eigenvalue weighted by molar-refractivity contribution is 0.0946. The third-order valence-corrected chi connectivity index (χ3v) is 4.97. The zero-order valence-corrected chi connectivity index (χ0v) is 12.6. The first-order chi connectivity index (χ1) is 9.69. The molecule has 0 saturated heterocycles. The number of rotatable bonds is 5. The molecule has 7 heteroatoms. The van der Waals surface area contributed by atoms with Crippen LogP contribution in [0.25, 0.3) is 15.3 Å². The second-order valence-corrected chi connectivity index (χ2v) is 6.48. The number of aliphatic hydroxyl groups is 1. The van der Waals surface area contributed by atoms with Gasteiger partial charge in [0.15, 0.2) is 4.96 Å². The molecule has 0 bridgehead atoms. The summed E-state index contributed by atoms with van der Waals surface area (Å²) in [5, 5.41) is 14.3. The topological polar surface area (TPSA) is 66.6 Å². The second kappa shape index (κ2) is 5.51. The average Bonchev–Trinajstić information content (AvgIpc) is 3.09. The average molecular weight is 309 g/mol. The Kier molecular flexibility index (Phi) is 3.73. The maximum absolute atomic E-state index is 12.0. The molecule has 0 aromatic carbocycles. The number of nitrogens with zero attached hydrogens (tertiary/aromatic N) is 2. The molecule has 106 valence electrons. The number of carbonyl (C=O) groups is 1. The van der Waals surface area contributed by atoms with E-state index >= 15 is 0 Å². The molecule has 1 amide bonds. The van der Waals surface area contributed by atoms with Crippen LogP contribution >= 0.6 is 22.7 Å². The molecule has 3 aromatic rings. The number of amides is 1. The van der Waals surface area contributed by atoms with Crippen molar-refractivity contribution in [1.29, 1.82) is 0 Å². The Morgan fingerprint density at radius 1 is 1.60 bits per heavy atom. The third-order valence-electron chi connectivity index (χ3n) is 3.20. The lowest BCUT2D eigenvalue weighted by Crippen LogP contribution is -2.26. The number of hydrogen-bond donors (Lipinski definition) is 2. The van der Waals surface area contributed by atoms with E-state index in [0.29, 0.717) is 24.3 Å². The van der Waals surface area contributed by atoms with Gasteiger partial charge in [-0.2, -0.15) is 0 Å². The van der Waals surface area contributed by atoms with Gasteiger partial charge in [-0.1, -0.05) is 6.92 Å². The molecular formula is C13H15N3O2S2. The van der Waals surface area contributed by atoms with Crippen LogP contribution in [-0.2, 0) is 0 Å². The van der Waals surface area contributed by atoms with Gasteiger partial charge < -0.3 is 10.4 Å². The highest BCUT2D eigenvalue weighted by Gasteiger charge is 2.14. The fourth-order valence-corrected chi connectivity index (χ4v) is 3.72. The molecule has 2 N–H and O–H groups in total. The first-order valence-electron chi connectivity index (χ1n) is 6.50. The zero-order valence-electron chi connectivity index (χ0n) is 11.0. The molecular weight excluding hydrogens is 294 g/mol. The van der Waals surface area contributed by atoms with Crippen LogP contribution in [0.15, 0.2) is 17.6 Å². The van der Waals surface area contributed by atoms with Crippen molar-refractivity contribution in [1.82, 2.24) is 14.7 Å². The number of thiazole rings is 1. The van der Waals surface area contributed by atoms with E-state index in [9.17, 15) is 9.90 Å². The maximum atomic E-state index is 12.0. The van der Waals surface area contributed by atoms with Crippen LogP contribution in [0.4, 0.5) is 0 Å². The molecule has 0 radical (unpaired) electrons. The molecule has 0 aliphatic rings. The lowest BCUT2D eigenvalue weighted by atomic mass is 10.2. The van der Waals surface area contributed by atoms with Crippen LogP contribution < -0.4 is 5.32 Å². The van der Waals surface area contributed by atoms with Crippen LogP contribution in [0.3, 0.4) is 0 Å². The van der Waals surface area contributed by atoms with Crippen molar-refractivity contribution in [2.45, 2.75) is 25.9 Å². The molecule has 20 heavy (non-hydrogen) atoms. The Balaban J connectivity index is 1.73. The number of thiophene rings is 1. The summed E-state index contributed by atoms with van der Waals surface area (Å²) in [6.45, 7) is 2.41. The van der Waals surface area contributed by atoms with Gasteiger partial charge in [-0.25, -0.2) is 4.98 Å². The molecule has 0 aliphatic heterocycles. The van der Waals surface area contributed by atoms with Gasteiger partial charge in [-0.15, -0.1) is 22.7 Å². The van der Waals surface area contributed by atoms with Crippen molar-refractivity contribution in [3.8, 4) is 0 Å². The number of fused-ring (bicyclic) bond motifs is 3. The monoisotopic (exact) mass is 309 g/mol. The first kappa shape index (κ1) is 13.5. The molecule has 1 unspecified atom stereocenters. The second-order valence-electron chi connectivity index (χ2n) is 4.58. The molecule has 3 heterocycles. The van der Waals surface area contributed by atoms with Crippen molar-refractivity contribution in [2.75, 3.05) is 6.54 Å². The summed E-state index contributed by atoms with van der Waals surface area (Å²) in [5.74, 6) is -0.0970. The van der Waals surface area contributed by atoms with Crippen molar-refractivity contribution >= 4 is 43.9 Å². The van der Waals surface area contributed by atoms with Crippen LogP contribution in [0.2, 0.25) is 0 Å². The first-order valence-corrected chi connectivity index (χ1v) is 8.20. The van der Waals surface area contributed by atoms with Crippen LogP contribution in [0, 0.1) is 0 Å². The predicted molar refractivity (Wildman–Crippen MR) is 81.7 cm³/mol. The highest BCUT2D eigenvalue weighted by molar-refractivity contribution is 7.21. The summed E-state index contributed by atoms with van der Waals surface area (Å²) in [6.07, 6.45) is 2.91.